The maximum Gasteiger partial charge on any atom is 0.330 e. The van der Waals surface area contributed by atoms with E-state index < -0.39 is 5.97 Å². The van der Waals surface area contributed by atoms with Crippen molar-refractivity contribution in [2.45, 2.75) is 0 Å². The average Bonchev–Trinajstić information content (AvgIpc) is 2.34. The van der Waals surface area contributed by atoms with Gasteiger partial charge in [-0.1, -0.05) is 18.7 Å². The van der Waals surface area contributed by atoms with E-state index in [-0.39, 0.29) is 13.2 Å². The fourth-order valence-corrected chi connectivity index (χ4v) is 1.06. The molecule has 0 aliphatic rings. The zero-order valence-corrected chi connectivity index (χ0v) is 8.72. The fourth-order valence-electron chi connectivity index (χ4n) is 1.06. The van der Waals surface area contributed by atoms with E-state index in [9.17, 15) is 9.59 Å². The first-order valence-corrected chi connectivity index (χ1v) is 4.74. The second-order valence-electron chi connectivity index (χ2n) is 2.88. The summed E-state index contributed by atoms with van der Waals surface area (Å²) in [6.07, 6.45) is 1.80. The Morgan fingerprint density at radius 1 is 1.31 bits per heavy atom. The molecule has 16 heavy (non-hydrogen) atoms. The van der Waals surface area contributed by atoms with Gasteiger partial charge in [0.05, 0.1) is 5.56 Å². The van der Waals surface area contributed by atoms with Crippen molar-refractivity contribution in [3.05, 3.63) is 42.5 Å². The van der Waals surface area contributed by atoms with Gasteiger partial charge in [0, 0.05) is 6.08 Å². The van der Waals surface area contributed by atoms with E-state index in [0.717, 1.165) is 6.08 Å². The third-order valence-corrected chi connectivity index (χ3v) is 1.80. The van der Waals surface area contributed by atoms with Crippen LogP contribution in [0.25, 0.3) is 0 Å². The number of carbonyl (C=O) groups excluding carboxylic acids is 2. The maximum absolute atomic E-state index is 10.7. The molecule has 0 atom stereocenters. The van der Waals surface area contributed by atoms with Crippen molar-refractivity contribution in [1.29, 1.82) is 0 Å². The van der Waals surface area contributed by atoms with Gasteiger partial charge in [-0.05, 0) is 12.1 Å². The number of ether oxygens (including phenoxy) is 2. The second kappa shape index (κ2) is 6.40. The molecule has 0 fully saturated rings. The lowest BCUT2D eigenvalue weighted by atomic mass is 10.2. The molecule has 1 rings (SSSR count). The molecule has 0 saturated heterocycles. The predicted molar refractivity (Wildman–Crippen MR) is 58.5 cm³/mol. The number of esters is 1. The van der Waals surface area contributed by atoms with Crippen molar-refractivity contribution in [1.82, 2.24) is 0 Å². The SMILES string of the molecule is C=CC(=O)OCCOc1ccccc1C=O. The van der Waals surface area contributed by atoms with Gasteiger partial charge in [0.15, 0.2) is 6.29 Å². The molecule has 0 bridgehead atoms. The number of benzene rings is 1. The Morgan fingerprint density at radius 3 is 2.75 bits per heavy atom. The Hall–Kier alpha value is -2.10. The lowest BCUT2D eigenvalue weighted by Crippen LogP contribution is -2.10. The van der Waals surface area contributed by atoms with Crippen molar-refractivity contribution >= 4 is 12.3 Å². The predicted octanol–water partition coefficient (Wildman–Crippen LogP) is 1.61. The highest BCUT2D eigenvalue weighted by atomic mass is 16.6. The van der Waals surface area contributed by atoms with Gasteiger partial charge in [-0.2, -0.15) is 0 Å². The summed E-state index contributed by atoms with van der Waals surface area (Å²) in [5.41, 5.74) is 0.470. The molecular formula is C12H12O4. The highest BCUT2D eigenvalue weighted by Gasteiger charge is 2.01. The van der Waals surface area contributed by atoms with Crippen LogP contribution in [0.15, 0.2) is 36.9 Å². The zero-order chi connectivity index (χ0) is 11.8. The monoisotopic (exact) mass is 220 g/mol. The van der Waals surface area contributed by atoms with Crippen LogP contribution < -0.4 is 4.74 Å². The van der Waals surface area contributed by atoms with Crippen molar-refractivity contribution < 1.29 is 19.1 Å². The standard InChI is InChI=1S/C12H12O4/c1-2-12(14)16-8-7-15-11-6-4-3-5-10(11)9-13/h2-6,9H,1,7-8H2. The second-order valence-corrected chi connectivity index (χ2v) is 2.88. The summed E-state index contributed by atoms with van der Waals surface area (Å²) in [5, 5.41) is 0. The molecule has 1 aromatic carbocycles. The highest BCUT2D eigenvalue weighted by molar-refractivity contribution is 5.81. The summed E-state index contributed by atoms with van der Waals surface area (Å²) < 4.78 is 10.00. The molecule has 0 aromatic heterocycles. The van der Waals surface area contributed by atoms with E-state index in [0.29, 0.717) is 17.6 Å². The molecule has 0 N–H and O–H groups in total. The van der Waals surface area contributed by atoms with Gasteiger partial charge in [-0.25, -0.2) is 4.79 Å². The molecule has 0 radical (unpaired) electrons. The fraction of sp³-hybridized carbons (Fsp3) is 0.167. The van der Waals surface area contributed by atoms with Crippen LogP contribution >= 0.6 is 0 Å². The topological polar surface area (TPSA) is 52.6 Å². The molecule has 4 heteroatoms. The molecule has 0 unspecified atom stereocenters. The lowest BCUT2D eigenvalue weighted by Gasteiger charge is -2.07. The first-order valence-electron chi connectivity index (χ1n) is 4.74. The van der Waals surface area contributed by atoms with Gasteiger partial charge in [0.1, 0.15) is 19.0 Å². The minimum atomic E-state index is -0.493. The number of rotatable bonds is 6. The number of aldehydes is 1. The molecule has 0 amide bonds. The molecule has 0 saturated carbocycles. The van der Waals surface area contributed by atoms with Gasteiger partial charge in [0.25, 0.3) is 0 Å². The average molecular weight is 220 g/mol. The van der Waals surface area contributed by atoms with Crippen LogP contribution in [-0.4, -0.2) is 25.5 Å². The van der Waals surface area contributed by atoms with Crippen LogP contribution in [0.3, 0.4) is 0 Å². The molecule has 0 aliphatic heterocycles. The van der Waals surface area contributed by atoms with E-state index in [1.165, 1.54) is 0 Å². The number of hydrogen-bond acceptors (Lipinski definition) is 4. The van der Waals surface area contributed by atoms with Gasteiger partial charge in [-0.15, -0.1) is 0 Å². The maximum atomic E-state index is 10.7. The van der Waals surface area contributed by atoms with E-state index in [1.807, 2.05) is 0 Å². The van der Waals surface area contributed by atoms with Gasteiger partial charge in [0.2, 0.25) is 0 Å². The Morgan fingerprint density at radius 2 is 2.06 bits per heavy atom. The molecule has 4 nitrogen and oxygen atoms in total. The number of para-hydroxylation sites is 1. The summed E-state index contributed by atoms with van der Waals surface area (Å²) in [7, 11) is 0. The molecule has 0 heterocycles. The molecule has 1 aromatic rings. The minimum Gasteiger partial charge on any atom is -0.489 e. The third kappa shape index (κ3) is 3.57. The molecule has 0 aliphatic carbocycles. The molecule has 84 valence electrons. The van der Waals surface area contributed by atoms with E-state index in [4.69, 9.17) is 9.47 Å². The summed E-state index contributed by atoms with van der Waals surface area (Å²) in [4.78, 5) is 21.3. The normalized spacial score (nSPS) is 9.25. The van der Waals surface area contributed by atoms with Crippen LogP contribution in [0.4, 0.5) is 0 Å². The quantitative estimate of drug-likeness (QED) is 0.316. The summed E-state index contributed by atoms with van der Waals surface area (Å²) >= 11 is 0. The van der Waals surface area contributed by atoms with Crippen LogP contribution in [0.2, 0.25) is 0 Å². The third-order valence-electron chi connectivity index (χ3n) is 1.80. The van der Waals surface area contributed by atoms with Crippen molar-refractivity contribution in [3.8, 4) is 5.75 Å². The van der Waals surface area contributed by atoms with Crippen molar-refractivity contribution in [2.24, 2.45) is 0 Å². The first-order chi connectivity index (χ1) is 7.77. The number of hydrogen-bond donors (Lipinski definition) is 0. The lowest BCUT2D eigenvalue weighted by molar-refractivity contribution is -0.138. The van der Waals surface area contributed by atoms with Crippen LogP contribution in [0.1, 0.15) is 10.4 Å². The number of carbonyl (C=O) groups is 2. The minimum absolute atomic E-state index is 0.123. The summed E-state index contributed by atoms with van der Waals surface area (Å²) in [5.74, 6) is -0.0144. The van der Waals surface area contributed by atoms with Crippen LogP contribution in [0, 0.1) is 0 Å². The Balaban J connectivity index is 2.39. The first kappa shape index (κ1) is 12.0. The van der Waals surface area contributed by atoms with Crippen LogP contribution in [-0.2, 0) is 9.53 Å². The molecular weight excluding hydrogens is 208 g/mol. The van der Waals surface area contributed by atoms with Gasteiger partial charge >= 0.3 is 5.97 Å². The summed E-state index contributed by atoms with van der Waals surface area (Å²) in [6, 6.07) is 6.84. The van der Waals surface area contributed by atoms with Gasteiger partial charge in [-0.3, -0.25) is 4.79 Å². The highest BCUT2D eigenvalue weighted by Crippen LogP contribution is 2.15. The van der Waals surface area contributed by atoms with E-state index in [1.54, 1.807) is 24.3 Å². The van der Waals surface area contributed by atoms with E-state index >= 15 is 0 Å². The smallest absolute Gasteiger partial charge is 0.330 e. The van der Waals surface area contributed by atoms with Crippen molar-refractivity contribution in [3.63, 3.8) is 0 Å². The summed E-state index contributed by atoms with van der Waals surface area (Å²) in [6.45, 7) is 3.59. The zero-order valence-electron chi connectivity index (χ0n) is 8.72. The Kier molecular flexibility index (Phi) is 4.79. The van der Waals surface area contributed by atoms with Gasteiger partial charge < -0.3 is 9.47 Å². The molecule has 0 spiro atoms. The Labute approximate surface area is 93.5 Å². The van der Waals surface area contributed by atoms with Crippen LogP contribution in [0.5, 0.6) is 5.75 Å². The largest absolute Gasteiger partial charge is 0.489 e. The Bertz CT molecular complexity index is 384. The van der Waals surface area contributed by atoms with Crippen molar-refractivity contribution in [2.75, 3.05) is 13.2 Å². The van der Waals surface area contributed by atoms with E-state index in [2.05, 4.69) is 6.58 Å².